The third-order valence-corrected chi connectivity index (χ3v) is 6.67. The highest BCUT2D eigenvalue weighted by atomic mass is 32.1. The van der Waals surface area contributed by atoms with Gasteiger partial charge in [-0.15, -0.1) is 11.3 Å². The number of aromatic nitrogens is 1. The average Bonchev–Trinajstić information content (AvgIpc) is 3.27. The van der Waals surface area contributed by atoms with Crippen LogP contribution in [0.3, 0.4) is 0 Å². The standard InChI is InChI=1S/C17H28N2O4S.C7H16N2O/c1-6-11(4)7-15(21)19(5)13(10(2)3)8-14(20)16-18-12(9-24-16)17(22)23;1-9-6-4-2-3-5-7(8)10/h9-11,13-14,20H,6-8H2,1-5H3,(H,22,23);9H,2-6H2,1H3,(H2,8,10)/t11-,13?,14?;/m0./s1. The summed E-state index contributed by atoms with van der Waals surface area (Å²) in [4.78, 5) is 39.2. The van der Waals surface area contributed by atoms with Gasteiger partial charge in [0.2, 0.25) is 11.8 Å². The number of nitrogens with one attached hydrogen (secondary N) is 1. The van der Waals surface area contributed by atoms with Gasteiger partial charge in [0.05, 0.1) is 0 Å². The minimum absolute atomic E-state index is 0.0589. The van der Waals surface area contributed by atoms with E-state index in [9.17, 15) is 19.5 Å². The van der Waals surface area contributed by atoms with Gasteiger partial charge >= 0.3 is 5.97 Å². The molecule has 2 unspecified atom stereocenters. The molecule has 1 aromatic heterocycles. The molecule has 1 rings (SSSR count). The number of carboxylic acids is 1. The maximum absolute atomic E-state index is 12.4. The molecular weight excluding hydrogens is 456 g/mol. The molecule has 3 atom stereocenters. The monoisotopic (exact) mass is 500 g/mol. The number of primary amides is 1. The molecule has 0 fully saturated rings. The van der Waals surface area contributed by atoms with Gasteiger partial charge in [-0.2, -0.15) is 0 Å². The zero-order chi connectivity index (χ0) is 26.3. The van der Waals surface area contributed by atoms with Crippen LogP contribution >= 0.6 is 11.3 Å². The van der Waals surface area contributed by atoms with Crippen molar-refractivity contribution in [3.63, 3.8) is 0 Å². The van der Waals surface area contributed by atoms with Crippen molar-refractivity contribution < 1.29 is 24.6 Å². The first-order chi connectivity index (χ1) is 15.9. The Morgan fingerprint density at radius 2 is 1.85 bits per heavy atom. The second-order valence-electron chi connectivity index (χ2n) is 9.04. The quantitative estimate of drug-likeness (QED) is 0.270. The molecule has 0 bridgehead atoms. The molecule has 196 valence electrons. The molecule has 9 nitrogen and oxygen atoms in total. The van der Waals surface area contributed by atoms with Crippen molar-refractivity contribution >= 4 is 29.1 Å². The van der Waals surface area contributed by atoms with E-state index in [4.69, 9.17) is 10.8 Å². The summed E-state index contributed by atoms with van der Waals surface area (Å²) in [6.45, 7) is 9.15. The average molecular weight is 501 g/mol. The summed E-state index contributed by atoms with van der Waals surface area (Å²) in [5, 5.41) is 24.2. The van der Waals surface area contributed by atoms with Crippen LogP contribution in [0.5, 0.6) is 0 Å². The summed E-state index contributed by atoms with van der Waals surface area (Å²) in [6.07, 6.45) is 4.58. The van der Waals surface area contributed by atoms with Crippen LogP contribution in [0.1, 0.15) is 94.2 Å². The van der Waals surface area contributed by atoms with Crippen molar-refractivity contribution in [3.8, 4) is 0 Å². The Kier molecular flexibility index (Phi) is 16.4. The molecule has 2 amide bonds. The fourth-order valence-electron chi connectivity index (χ4n) is 3.30. The molecule has 0 saturated heterocycles. The third kappa shape index (κ3) is 13.0. The molecule has 0 aromatic carbocycles. The molecule has 1 aromatic rings. The predicted molar refractivity (Wildman–Crippen MR) is 136 cm³/mol. The van der Waals surface area contributed by atoms with Gasteiger partial charge in [-0.3, -0.25) is 9.59 Å². The van der Waals surface area contributed by atoms with E-state index in [0.717, 1.165) is 43.6 Å². The minimum atomic E-state index is -1.11. The van der Waals surface area contributed by atoms with Crippen molar-refractivity contribution in [2.24, 2.45) is 17.6 Å². The highest BCUT2D eigenvalue weighted by Gasteiger charge is 2.28. The number of thiazole rings is 1. The van der Waals surface area contributed by atoms with Crippen LogP contribution in [0.4, 0.5) is 0 Å². The maximum Gasteiger partial charge on any atom is 0.355 e. The molecule has 0 aliphatic carbocycles. The van der Waals surface area contributed by atoms with Crippen molar-refractivity contribution in [1.82, 2.24) is 15.2 Å². The van der Waals surface area contributed by atoms with Crippen molar-refractivity contribution in [2.45, 2.75) is 84.8 Å². The number of nitrogens with two attached hydrogens (primary N) is 1. The summed E-state index contributed by atoms with van der Waals surface area (Å²) < 4.78 is 0. The topological polar surface area (TPSA) is 146 Å². The second-order valence-corrected chi connectivity index (χ2v) is 9.93. The second kappa shape index (κ2) is 17.4. The number of aliphatic hydroxyl groups excluding tert-OH is 1. The number of hydrogen-bond donors (Lipinski definition) is 4. The molecule has 5 N–H and O–H groups in total. The van der Waals surface area contributed by atoms with Crippen LogP contribution < -0.4 is 11.1 Å². The number of carboxylic acid groups (broad SMARTS) is 1. The van der Waals surface area contributed by atoms with Crippen LogP contribution in [-0.2, 0) is 9.59 Å². The van der Waals surface area contributed by atoms with Crippen molar-refractivity contribution in [3.05, 3.63) is 16.1 Å². The summed E-state index contributed by atoms with van der Waals surface area (Å²) in [5.74, 6) is -0.727. The van der Waals surface area contributed by atoms with E-state index in [1.165, 1.54) is 5.38 Å². The van der Waals surface area contributed by atoms with E-state index in [1.807, 2.05) is 27.8 Å². The number of amides is 2. The Labute approximate surface area is 208 Å². The van der Waals surface area contributed by atoms with Crippen LogP contribution in [0, 0.1) is 11.8 Å². The van der Waals surface area contributed by atoms with E-state index in [1.54, 1.807) is 11.9 Å². The largest absolute Gasteiger partial charge is 0.476 e. The molecule has 10 heteroatoms. The van der Waals surface area contributed by atoms with Gasteiger partial charge in [0, 0.05) is 37.7 Å². The van der Waals surface area contributed by atoms with Crippen LogP contribution in [0.15, 0.2) is 5.38 Å². The normalized spacial score (nSPS) is 13.5. The molecule has 0 spiro atoms. The van der Waals surface area contributed by atoms with Gasteiger partial charge < -0.3 is 26.2 Å². The Bertz CT molecular complexity index is 741. The smallest absolute Gasteiger partial charge is 0.355 e. The first kappa shape index (κ1) is 32.0. The van der Waals surface area contributed by atoms with E-state index < -0.39 is 12.1 Å². The first-order valence-electron chi connectivity index (χ1n) is 12.0. The van der Waals surface area contributed by atoms with Gasteiger partial charge in [0.15, 0.2) is 5.69 Å². The van der Waals surface area contributed by atoms with E-state index in [2.05, 4.69) is 17.2 Å². The Balaban J connectivity index is 0.000000916. The van der Waals surface area contributed by atoms with Crippen molar-refractivity contribution in [2.75, 3.05) is 20.6 Å². The number of nitrogens with zero attached hydrogens (tertiary/aromatic N) is 2. The lowest BCUT2D eigenvalue weighted by atomic mass is 9.95. The maximum atomic E-state index is 12.4. The molecule has 0 saturated carbocycles. The highest BCUT2D eigenvalue weighted by molar-refractivity contribution is 7.09. The molecular formula is C24H44N4O5S. The fourth-order valence-corrected chi connectivity index (χ4v) is 4.09. The number of carbonyl (C=O) groups is 3. The molecule has 0 aliphatic heterocycles. The van der Waals surface area contributed by atoms with E-state index in [0.29, 0.717) is 30.2 Å². The molecule has 0 radical (unpaired) electrons. The lowest BCUT2D eigenvalue weighted by molar-refractivity contribution is -0.134. The number of unbranched alkanes of at least 4 members (excludes halogenated alkanes) is 2. The molecule has 0 aliphatic rings. The lowest BCUT2D eigenvalue weighted by Crippen LogP contribution is -2.41. The van der Waals surface area contributed by atoms with Crippen LogP contribution in [-0.4, -0.2) is 64.6 Å². The number of hydrogen-bond acceptors (Lipinski definition) is 7. The first-order valence-corrected chi connectivity index (χ1v) is 12.9. The van der Waals surface area contributed by atoms with Gasteiger partial charge in [0.25, 0.3) is 0 Å². The van der Waals surface area contributed by atoms with Gasteiger partial charge in [0.1, 0.15) is 11.1 Å². The fraction of sp³-hybridized carbons (Fsp3) is 0.750. The lowest BCUT2D eigenvalue weighted by Gasteiger charge is -2.33. The molecule has 1 heterocycles. The minimum Gasteiger partial charge on any atom is -0.476 e. The van der Waals surface area contributed by atoms with E-state index >= 15 is 0 Å². The zero-order valence-electron chi connectivity index (χ0n) is 21.5. The molecule has 34 heavy (non-hydrogen) atoms. The number of carbonyl (C=O) groups excluding carboxylic acids is 2. The number of rotatable bonds is 15. The van der Waals surface area contributed by atoms with Gasteiger partial charge in [-0.1, -0.05) is 40.5 Å². The Morgan fingerprint density at radius 1 is 1.21 bits per heavy atom. The summed E-state index contributed by atoms with van der Waals surface area (Å²) in [6, 6.07) is -0.131. The van der Waals surface area contributed by atoms with Gasteiger partial charge in [-0.05, 0) is 38.3 Å². The highest BCUT2D eigenvalue weighted by Crippen LogP contribution is 2.27. The third-order valence-electron chi connectivity index (χ3n) is 5.72. The van der Waals surface area contributed by atoms with Crippen molar-refractivity contribution in [1.29, 1.82) is 0 Å². The number of aromatic carboxylic acids is 1. The van der Waals surface area contributed by atoms with E-state index in [-0.39, 0.29) is 29.5 Å². The zero-order valence-corrected chi connectivity index (χ0v) is 22.4. The van der Waals surface area contributed by atoms with Crippen LogP contribution in [0.2, 0.25) is 0 Å². The van der Waals surface area contributed by atoms with Gasteiger partial charge in [-0.25, -0.2) is 9.78 Å². The number of aliphatic hydroxyl groups is 1. The van der Waals surface area contributed by atoms with Crippen LogP contribution in [0.25, 0.3) is 0 Å². The SMILES string of the molecule is CC[C@H](C)CC(=O)N(C)C(CC(O)c1nc(C(=O)O)cs1)C(C)C.CNCCCCCC(N)=O. The predicted octanol–water partition coefficient (Wildman–Crippen LogP) is 3.44. The Morgan fingerprint density at radius 3 is 2.32 bits per heavy atom. The summed E-state index contributed by atoms with van der Waals surface area (Å²) in [5.41, 5.74) is 4.89. The summed E-state index contributed by atoms with van der Waals surface area (Å²) >= 11 is 1.13. The Hall–Kier alpha value is -2.04. The summed E-state index contributed by atoms with van der Waals surface area (Å²) in [7, 11) is 3.70.